The van der Waals surface area contributed by atoms with E-state index in [1.54, 1.807) is 0 Å². The maximum Gasteiger partial charge on any atom is 0.261 e. The number of nitrogens with zero attached hydrogens (tertiary/aromatic N) is 1. The molecule has 1 aliphatic heterocycles. The third-order valence-electron chi connectivity index (χ3n) is 4.80. The molecule has 0 aliphatic carbocycles. The first-order valence-corrected chi connectivity index (χ1v) is 11.7. The van der Waals surface area contributed by atoms with E-state index in [-0.39, 0.29) is 18.2 Å². The first-order valence-electron chi connectivity index (χ1n) is 9.68. The maximum absolute atomic E-state index is 13.2. The highest BCUT2D eigenvalue weighted by Crippen LogP contribution is 2.19. The SMILES string of the molecule is C[C@@H](NC(=O)[C@@H](C)Oc1cccc(F)c1)C(=O)N1CCC[C@@H](C(=O)CS(C)(=O)=O)C1. The lowest BCUT2D eigenvalue weighted by molar-refractivity contribution is -0.140. The van der Waals surface area contributed by atoms with Crippen molar-refractivity contribution in [3.05, 3.63) is 30.1 Å². The van der Waals surface area contributed by atoms with Crippen molar-refractivity contribution < 1.29 is 31.9 Å². The van der Waals surface area contributed by atoms with Gasteiger partial charge in [-0.15, -0.1) is 0 Å². The van der Waals surface area contributed by atoms with Crippen LogP contribution in [0.1, 0.15) is 26.7 Å². The molecule has 2 amide bonds. The van der Waals surface area contributed by atoms with E-state index >= 15 is 0 Å². The van der Waals surface area contributed by atoms with Crippen molar-refractivity contribution in [3.8, 4) is 5.75 Å². The summed E-state index contributed by atoms with van der Waals surface area (Å²) in [6, 6.07) is 4.52. The van der Waals surface area contributed by atoms with E-state index < -0.39 is 51.2 Å². The number of hydrogen-bond acceptors (Lipinski definition) is 6. The maximum atomic E-state index is 13.2. The average molecular weight is 443 g/mol. The van der Waals surface area contributed by atoms with Gasteiger partial charge in [-0.2, -0.15) is 0 Å². The number of hydrogen-bond donors (Lipinski definition) is 1. The largest absolute Gasteiger partial charge is 0.481 e. The van der Waals surface area contributed by atoms with Crippen molar-refractivity contribution in [3.63, 3.8) is 0 Å². The minimum Gasteiger partial charge on any atom is -0.481 e. The zero-order chi connectivity index (χ0) is 22.5. The Morgan fingerprint density at radius 2 is 2.00 bits per heavy atom. The number of ketones is 1. The first-order chi connectivity index (χ1) is 14.0. The van der Waals surface area contributed by atoms with Gasteiger partial charge in [0.05, 0.1) is 0 Å². The molecule has 10 heteroatoms. The Morgan fingerprint density at radius 1 is 1.30 bits per heavy atom. The van der Waals surface area contributed by atoms with Gasteiger partial charge in [-0.05, 0) is 38.8 Å². The third-order valence-corrected chi connectivity index (χ3v) is 5.61. The van der Waals surface area contributed by atoms with Crippen LogP contribution in [-0.4, -0.2) is 68.2 Å². The standard InChI is InChI=1S/C20H27FN2O6S/c1-13(22-19(25)14(2)29-17-8-4-7-16(21)10-17)20(26)23-9-5-6-15(11-23)18(24)12-30(3,27)28/h4,7-8,10,13-15H,5-6,9,11-12H2,1-3H3,(H,22,25)/t13-,14-,15-/m1/s1. The fourth-order valence-corrected chi connectivity index (χ4v) is 4.03. The van der Waals surface area contributed by atoms with E-state index in [1.807, 2.05) is 0 Å². The number of amides is 2. The van der Waals surface area contributed by atoms with Gasteiger partial charge in [-0.25, -0.2) is 12.8 Å². The molecule has 1 heterocycles. The highest BCUT2D eigenvalue weighted by Gasteiger charge is 2.32. The molecule has 1 fully saturated rings. The first kappa shape index (κ1) is 23.8. The number of halogens is 1. The summed E-state index contributed by atoms with van der Waals surface area (Å²) in [6.45, 7) is 3.56. The van der Waals surface area contributed by atoms with E-state index in [4.69, 9.17) is 4.74 Å². The molecule has 2 rings (SSSR count). The van der Waals surface area contributed by atoms with E-state index in [2.05, 4.69) is 5.32 Å². The average Bonchev–Trinajstić information content (AvgIpc) is 2.66. The molecule has 0 spiro atoms. The number of nitrogens with one attached hydrogen (secondary N) is 1. The Morgan fingerprint density at radius 3 is 2.63 bits per heavy atom. The molecular formula is C20H27FN2O6S. The number of rotatable bonds is 8. The summed E-state index contributed by atoms with van der Waals surface area (Å²) in [5.41, 5.74) is 0. The van der Waals surface area contributed by atoms with Gasteiger partial charge < -0.3 is 15.0 Å². The van der Waals surface area contributed by atoms with Crippen LogP contribution in [0.5, 0.6) is 5.75 Å². The highest BCUT2D eigenvalue weighted by atomic mass is 32.2. The van der Waals surface area contributed by atoms with E-state index in [1.165, 1.54) is 36.9 Å². The Balaban J connectivity index is 1.91. The summed E-state index contributed by atoms with van der Waals surface area (Å²) in [5, 5.41) is 2.56. The summed E-state index contributed by atoms with van der Waals surface area (Å²) in [5.74, 6) is -2.67. The second-order valence-electron chi connectivity index (χ2n) is 7.61. The molecule has 3 atom stereocenters. The number of likely N-dealkylation sites (tertiary alicyclic amines) is 1. The van der Waals surface area contributed by atoms with Gasteiger partial charge >= 0.3 is 0 Å². The van der Waals surface area contributed by atoms with Crippen molar-refractivity contribution in [1.82, 2.24) is 10.2 Å². The van der Waals surface area contributed by atoms with Gasteiger partial charge in [0.15, 0.2) is 21.7 Å². The molecule has 0 radical (unpaired) electrons. The van der Waals surface area contributed by atoms with Gasteiger partial charge in [-0.3, -0.25) is 14.4 Å². The van der Waals surface area contributed by atoms with Crippen LogP contribution in [0.2, 0.25) is 0 Å². The van der Waals surface area contributed by atoms with Crippen LogP contribution in [0, 0.1) is 11.7 Å². The lowest BCUT2D eigenvalue weighted by Crippen LogP contribution is -2.53. The van der Waals surface area contributed by atoms with Crippen LogP contribution in [0.3, 0.4) is 0 Å². The molecule has 1 aromatic carbocycles. The van der Waals surface area contributed by atoms with Crippen LogP contribution < -0.4 is 10.1 Å². The van der Waals surface area contributed by atoms with Crippen LogP contribution in [0.4, 0.5) is 4.39 Å². The number of Topliss-reactive ketones (excluding diaryl/α,β-unsaturated/α-hetero) is 1. The number of ether oxygens (including phenoxy) is 1. The number of carbonyl (C=O) groups excluding carboxylic acids is 3. The summed E-state index contributed by atoms with van der Waals surface area (Å²) >= 11 is 0. The van der Waals surface area contributed by atoms with Crippen molar-refractivity contribution >= 4 is 27.4 Å². The molecule has 0 aromatic heterocycles. The Bertz CT molecular complexity index is 904. The predicted octanol–water partition coefficient (Wildman–Crippen LogP) is 0.950. The van der Waals surface area contributed by atoms with E-state index in [0.717, 1.165) is 12.3 Å². The number of piperidine rings is 1. The number of benzene rings is 1. The van der Waals surface area contributed by atoms with Crippen LogP contribution >= 0.6 is 0 Å². The van der Waals surface area contributed by atoms with E-state index in [9.17, 15) is 27.2 Å². The predicted molar refractivity (Wildman–Crippen MR) is 108 cm³/mol. The lowest BCUT2D eigenvalue weighted by Gasteiger charge is -2.34. The minimum atomic E-state index is -3.43. The topological polar surface area (TPSA) is 110 Å². The molecule has 1 aliphatic rings. The number of carbonyl (C=O) groups is 3. The smallest absolute Gasteiger partial charge is 0.261 e. The van der Waals surface area contributed by atoms with Crippen molar-refractivity contribution in [2.75, 3.05) is 25.1 Å². The molecule has 1 saturated heterocycles. The van der Waals surface area contributed by atoms with Crippen molar-refractivity contribution in [2.24, 2.45) is 5.92 Å². The third kappa shape index (κ3) is 7.08. The van der Waals surface area contributed by atoms with Crippen LogP contribution in [0.15, 0.2) is 24.3 Å². The lowest BCUT2D eigenvalue weighted by atomic mass is 9.94. The Hall–Kier alpha value is -2.49. The van der Waals surface area contributed by atoms with Crippen molar-refractivity contribution in [1.29, 1.82) is 0 Å². The molecule has 30 heavy (non-hydrogen) atoms. The van der Waals surface area contributed by atoms with Gasteiger partial charge in [0, 0.05) is 31.3 Å². The molecular weight excluding hydrogens is 415 g/mol. The molecule has 1 N–H and O–H groups in total. The highest BCUT2D eigenvalue weighted by molar-refractivity contribution is 7.91. The molecule has 1 aromatic rings. The van der Waals surface area contributed by atoms with Crippen LogP contribution in [-0.2, 0) is 24.2 Å². The summed E-state index contributed by atoms with van der Waals surface area (Å²) in [6.07, 6.45) is 1.15. The summed E-state index contributed by atoms with van der Waals surface area (Å²) in [7, 11) is -3.43. The molecule has 0 unspecified atom stereocenters. The molecule has 166 valence electrons. The fourth-order valence-electron chi connectivity index (χ4n) is 3.28. The van der Waals surface area contributed by atoms with Gasteiger partial charge in [-0.1, -0.05) is 6.07 Å². The normalized spacial score (nSPS) is 18.9. The van der Waals surface area contributed by atoms with E-state index in [0.29, 0.717) is 19.4 Å². The van der Waals surface area contributed by atoms with Crippen molar-refractivity contribution in [2.45, 2.75) is 38.8 Å². The van der Waals surface area contributed by atoms with Gasteiger partial charge in [0.2, 0.25) is 5.91 Å². The number of sulfone groups is 1. The second-order valence-corrected chi connectivity index (χ2v) is 9.75. The van der Waals surface area contributed by atoms with Crippen LogP contribution in [0.25, 0.3) is 0 Å². The second kappa shape index (κ2) is 10.0. The van der Waals surface area contributed by atoms with Gasteiger partial charge in [0.1, 0.15) is 23.4 Å². The Labute approximate surface area is 175 Å². The Kier molecular flexibility index (Phi) is 7.94. The zero-order valence-corrected chi connectivity index (χ0v) is 18.1. The zero-order valence-electron chi connectivity index (χ0n) is 17.3. The summed E-state index contributed by atoms with van der Waals surface area (Å²) in [4.78, 5) is 38.7. The monoisotopic (exact) mass is 442 g/mol. The molecule has 8 nitrogen and oxygen atoms in total. The molecule has 0 bridgehead atoms. The fraction of sp³-hybridized carbons (Fsp3) is 0.550. The summed E-state index contributed by atoms with van der Waals surface area (Å²) < 4.78 is 41.4. The molecule has 0 saturated carbocycles. The quantitative estimate of drug-likeness (QED) is 0.642. The minimum absolute atomic E-state index is 0.128. The van der Waals surface area contributed by atoms with Gasteiger partial charge in [0.25, 0.3) is 5.91 Å².